The van der Waals surface area contributed by atoms with Crippen LogP contribution in [0.2, 0.25) is 0 Å². The van der Waals surface area contributed by atoms with E-state index in [-0.39, 0.29) is 12.2 Å². The molecule has 8 heteroatoms. The van der Waals surface area contributed by atoms with Crippen LogP contribution >= 0.6 is 22.6 Å². The summed E-state index contributed by atoms with van der Waals surface area (Å²) in [5.41, 5.74) is -0.153. The van der Waals surface area contributed by atoms with Gasteiger partial charge in [0.1, 0.15) is 6.61 Å². The minimum atomic E-state index is -1.50. The summed E-state index contributed by atoms with van der Waals surface area (Å²) in [6.45, 7) is 1.99. The van der Waals surface area contributed by atoms with Crippen molar-refractivity contribution in [1.29, 1.82) is 0 Å². The number of rotatable bonds is 4. The van der Waals surface area contributed by atoms with Gasteiger partial charge in [-0.05, 0) is 52.6 Å². The van der Waals surface area contributed by atoms with Gasteiger partial charge in [-0.2, -0.15) is 0 Å². The van der Waals surface area contributed by atoms with Crippen LogP contribution in [0.3, 0.4) is 0 Å². The number of aromatic amines is 1. The highest BCUT2D eigenvalue weighted by Gasteiger charge is 2.41. The second kappa shape index (κ2) is 7.06. The molecule has 0 aliphatic carbocycles. The minimum absolute atomic E-state index is 0.140. The molecule has 3 atom stereocenters. The molecule has 3 aromatic rings. The van der Waals surface area contributed by atoms with Gasteiger partial charge in [0.05, 0.1) is 6.04 Å². The Hall–Kier alpha value is -2.23. The largest absolute Gasteiger partial charge is 0.475 e. The second-order valence-electron chi connectivity index (χ2n) is 6.60. The van der Waals surface area contributed by atoms with Gasteiger partial charge in [0.25, 0.3) is 11.5 Å². The summed E-state index contributed by atoms with van der Waals surface area (Å²) in [6.07, 6.45) is 2.31. The maximum absolute atomic E-state index is 14.0. The number of nitrogens with one attached hydrogen (secondary N) is 2. The number of aromatic nitrogens is 2. The van der Waals surface area contributed by atoms with E-state index in [1.165, 1.54) is 0 Å². The predicted octanol–water partition coefficient (Wildman–Crippen LogP) is 2.92. The van der Waals surface area contributed by atoms with Crippen molar-refractivity contribution in [3.05, 3.63) is 44.5 Å². The number of benzene rings is 1. The Morgan fingerprint density at radius 1 is 1.26 bits per heavy atom. The fourth-order valence-electron chi connectivity index (χ4n) is 3.57. The number of pyridine rings is 2. The smallest absolute Gasteiger partial charge is 0.255 e. The maximum atomic E-state index is 14.0. The molecule has 2 N–H and O–H groups in total. The van der Waals surface area contributed by atoms with Gasteiger partial charge in [0.15, 0.2) is 6.17 Å². The van der Waals surface area contributed by atoms with Crippen LogP contribution in [0.1, 0.15) is 13.3 Å². The first-order valence-electron chi connectivity index (χ1n) is 8.66. The van der Waals surface area contributed by atoms with Gasteiger partial charge < -0.3 is 15.0 Å². The van der Waals surface area contributed by atoms with Crippen molar-refractivity contribution in [3.63, 3.8) is 0 Å². The number of hydrogen-bond acceptors (Lipinski definition) is 4. The number of fused-ring (bicyclic) bond motifs is 2. The zero-order valence-electron chi connectivity index (χ0n) is 14.5. The molecule has 0 unspecified atom stereocenters. The summed E-state index contributed by atoms with van der Waals surface area (Å²) in [4.78, 5) is 30.7. The van der Waals surface area contributed by atoms with E-state index in [1.54, 1.807) is 12.4 Å². The average molecular weight is 481 g/mol. The third kappa shape index (κ3) is 3.15. The van der Waals surface area contributed by atoms with Crippen molar-refractivity contribution in [2.75, 3.05) is 6.61 Å². The van der Waals surface area contributed by atoms with Crippen LogP contribution in [0, 0.1) is 9.49 Å². The monoisotopic (exact) mass is 481 g/mol. The maximum Gasteiger partial charge on any atom is 0.255 e. The fraction of sp³-hybridized carbons (Fsp3) is 0.316. The molecule has 1 aliphatic rings. The minimum Gasteiger partial charge on any atom is -0.475 e. The number of nitrogens with zero attached hydrogens (tertiary/aromatic N) is 1. The molecule has 140 valence electrons. The van der Waals surface area contributed by atoms with Gasteiger partial charge in [-0.25, -0.2) is 9.37 Å². The molecule has 1 aromatic carbocycles. The van der Waals surface area contributed by atoms with Crippen LogP contribution in [-0.2, 0) is 4.79 Å². The lowest BCUT2D eigenvalue weighted by atomic mass is 9.97. The summed E-state index contributed by atoms with van der Waals surface area (Å²) < 4.78 is 20.7. The molecular weight excluding hydrogens is 464 g/mol. The van der Waals surface area contributed by atoms with Crippen LogP contribution in [0.5, 0.6) is 5.88 Å². The van der Waals surface area contributed by atoms with Gasteiger partial charge in [-0.15, -0.1) is 0 Å². The van der Waals surface area contributed by atoms with E-state index in [0.29, 0.717) is 17.7 Å². The summed E-state index contributed by atoms with van der Waals surface area (Å²) in [6, 6.07) is 5.11. The van der Waals surface area contributed by atoms with Crippen LogP contribution in [0.4, 0.5) is 4.39 Å². The molecule has 1 amide bonds. The molecule has 2 aromatic heterocycles. The number of alkyl halides is 1. The summed E-state index contributed by atoms with van der Waals surface area (Å²) in [5.74, 6) is -0.592. The first-order chi connectivity index (χ1) is 13.0. The van der Waals surface area contributed by atoms with E-state index in [0.717, 1.165) is 19.7 Å². The summed E-state index contributed by atoms with van der Waals surface area (Å²) >= 11 is 2.16. The molecule has 0 saturated carbocycles. The first kappa shape index (κ1) is 18.1. The number of carbonyl (C=O) groups excluding carboxylic acids is 1. The van der Waals surface area contributed by atoms with Gasteiger partial charge in [0.2, 0.25) is 5.88 Å². The highest BCUT2D eigenvalue weighted by atomic mass is 127. The molecule has 27 heavy (non-hydrogen) atoms. The lowest BCUT2D eigenvalue weighted by molar-refractivity contribution is -0.123. The number of ether oxygens (including phenoxy) is 1. The summed E-state index contributed by atoms with van der Waals surface area (Å²) in [7, 11) is 0. The highest BCUT2D eigenvalue weighted by Crippen LogP contribution is 2.30. The van der Waals surface area contributed by atoms with Gasteiger partial charge in [-0.1, -0.05) is 6.92 Å². The standard InChI is InChI=1S/C19H17FIN3O3/c1-2-10-15(24-18(26)16(10)20)8-27-19-11-6-12-13(5-9(11)3-4-22-19)17(25)23-7-14(12)21/h3-7,10,15-16H,2,8H2,1H3,(H,23,25)(H,24,26)/t10-,15+,16-/m0/s1. The zero-order chi connectivity index (χ0) is 19.1. The lowest BCUT2D eigenvalue weighted by Crippen LogP contribution is -2.34. The first-order valence-corrected chi connectivity index (χ1v) is 9.74. The van der Waals surface area contributed by atoms with Crippen molar-refractivity contribution >= 4 is 50.0 Å². The van der Waals surface area contributed by atoms with Crippen molar-refractivity contribution < 1.29 is 13.9 Å². The third-order valence-electron chi connectivity index (χ3n) is 5.04. The van der Waals surface area contributed by atoms with Crippen molar-refractivity contribution in [2.45, 2.75) is 25.6 Å². The molecule has 1 aliphatic heterocycles. The molecule has 1 saturated heterocycles. The van der Waals surface area contributed by atoms with Gasteiger partial charge >= 0.3 is 0 Å². The fourth-order valence-corrected chi connectivity index (χ4v) is 4.17. The zero-order valence-corrected chi connectivity index (χ0v) is 16.6. The van der Waals surface area contributed by atoms with Crippen molar-refractivity contribution in [3.8, 4) is 5.88 Å². The van der Waals surface area contributed by atoms with E-state index in [2.05, 4.69) is 37.9 Å². The Morgan fingerprint density at radius 3 is 2.85 bits per heavy atom. The van der Waals surface area contributed by atoms with Crippen LogP contribution < -0.4 is 15.6 Å². The number of hydrogen-bond donors (Lipinski definition) is 2. The van der Waals surface area contributed by atoms with Gasteiger partial charge in [-0.3, -0.25) is 9.59 Å². The molecule has 4 rings (SSSR count). The quantitative estimate of drug-likeness (QED) is 0.444. The van der Waals surface area contributed by atoms with E-state index in [4.69, 9.17) is 4.74 Å². The normalized spacial score (nSPS) is 22.3. The lowest BCUT2D eigenvalue weighted by Gasteiger charge is -2.18. The van der Waals surface area contributed by atoms with E-state index in [9.17, 15) is 14.0 Å². The Morgan fingerprint density at radius 2 is 2.07 bits per heavy atom. The molecule has 6 nitrogen and oxygen atoms in total. The van der Waals surface area contributed by atoms with E-state index < -0.39 is 24.0 Å². The highest BCUT2D eigenvalue weighted by molar-refractivity contribution is 14.1. The van der Waals surface area contributed by atoms with Crippen LogP contribution in [0.15, 0.2) is 35.4 Å². The SMILES string of the molecule is CC[C@@H]1[C@H](F)C(=O)N[C@@H]1COc1nccc2cc3c(=O)[nH]cc(I)c3cc12. The Labute approximate surface area is 167 Å². The van der Waals surface area contributed by atoms with Crippen LogP contribution in [-0.4, -0.2) is 34.7 Å². The molecule has 1 fully saturated rings. The Bertz CT molecular complexity index is 1100. The average Bonchev–Trinajstić information content (AvgIpc) is 2.95. The van der Waals surface area contributed by atoms with Gasteiger partial charge in [0, 0.05) is 38.0 Å². The van der Waals surface area contributed by atoms with Crippen LogP contribution in [0.25, 0.3) is 21.5 Å². The topological polar surface area (TPSA) is 84.1 Å². The van der Waals surface area contributed by atoms with E-state index in [1.807, 2.05) is 25.1 Å². The predicted molar refractivity (Wildman–Crippen MR) is 109 cm³/mol. The molecule has 0 spiro atoms. The van der Waals surface area contributed by atoms with Crippen molar-refractivity contribution in [1.82, 2.24) is 15.3 Å². The Kier molecular flexibility index (Phi) is 4.75. The number of amides is 1. The van der Waals surface area contributed by atoms with Crippen molar-refractivity contribution in [2.24, 2.45) is 5.92 Å². The third-order valence-corrected chi connectivity index (χ3v) is 5.93. The Balaban J connectivity index is 1.70. The van der Waals surface area contributed by atoms with E-state index >= 15 is 0 Å². The number of carbonyl (C=O) groups is 1. The molecular formula is C19H17FIN3O3. The number of H-pyrrole nitrogens is 1. The summed E-state index contributed by atoms with van der Waals surface area (Å²) in [5, 5.41) is 5.66. The molecule has 3 heterocycles. The number of halogens is 2. The second-order valence-corrected chi connectivity index (χ2v) is 7.76. The molecule has 0 radical (unpaired) electrons. The molecule has 0 bridgehead atoms.